The van der Waals surface area contributed by atoms with E-state index < -0.39 is 0 Å². The molecule has 4 aromatic rings. The Kier molecular flexibility index (Phi) is 7.25. The average molecular weight is 487 g/mol. The first-order valence-corrected chi connectivity index (χ1v) is 12.2. The van der Waals surface area contributed by atoms with Gasteiger partial charge in [0, 0.05) is 44.0 Å². The minimum absolute atomic E-state index is 0.166. The quantitative estimate of drug-likeness (QED) is 0.402. The molecular weight excluding hydrogens is 456 g/mol. The zero-order chi connectivity index (χ0) is 24.9. The standard InChI is InChI=1S/C28H30N4O4/c1-19-3-4-23(35-14-11-32-9-12-34-13-10-32)15-22(19)17-26-31-18-25(36-26)21-6-8-29-24(16-21)27-20(2)5-7-30-28(27)33/h3-8,15-16,18H,9-14,17H2,1-2H3,(H,30,33). The molecule has 0 saturated carbocycles. The Bertz CT molecular complexity index is 1390. The van der Waals surface area contributed by atoms with Crippen LogP contribution in [0, 0.1) is 13.8 Å². The molecule has 1 N–H and O–H groups in total. The molecule has 1 saturated heterocycles. The molecule has 0 unspecified atom stereocenters. The number of nitrogens with zero attached hydrogens (tertiary/aromatic N) is 3. The van der Waals surface area contributed by atoms with Gasteiger partial charge >= 0.3 is 0 Å². The second-order valence-corrected chi connectivity index (χ2v) is 8.98. The van der Waals surface area contributed by atoms with Crippen LogP contribution in [-0.4, -0.2) is 59.3 Å². The lowest BCUT2D eigenvalue weighted by atomic mass is 10.1. The lowest BCUT2D eigenvalue weighted by Gasteiger charge is -2.26. The highest BCUT2D eigenvalue weighted by atomic mass is 16.5. The lowest BCUT2D eigenvalue weighted by Crippen LogP contribution is -2.38. The molecule has 1 aromatic carbocycles. The summed E-state index contributed by atoms with van der Waals surface area (Å²) in [6.07, 6.45) is 5.59. The smallest absolute Gasteiger partial charge is 0.257 e. The van der Waals surface area contributed by atoms with Crippen LogP contribution in [0.25, 0.3) is 22.6 Å². The van der Waals surface area contributed by atoms with Gasteiger partial charge in [0.1, 0.15) is 12.4 Å². The normalized spacial score (nSPS) is 14.2. The Morgan fingerprint density at radius 1 is 1.06 bits per heavy atom. The molecule has 1 fully saturated rings. The van der Waals surface area contributed by atoms with E-state index in [1.54, 1.807) is 18.6 Å². The highest BCUT2D eigenvalue weighted by molar-refractivity contribution is 5.68. The van der Waals surface area contributed by atoms with Crippen molar-refractivity contribution in [2.75, 3.05) is 39.5 Å². The predicted octanol–water partition coefficient (Wildman–Crippen LogP) is 4.01. The van der Waals surface area contributed by atoms with E-state index >= 15 is 0 Å². The Morgan fingerprint density at radius 3 is 2.75 bits per heavy atom. The summed E-state index contributed by atoms with van der Waals surface area (Å²) in [4.78, 5) is 26.3. The van der Waals surface area contributed by atoms with E-state index in [1.807, 2.05) is 31.2 Å². The number of H-pyrrole nitrogens is 1. The van der Waals surface area contributed by atoms with Gasteiger partial charge in [0.15, 0.2) is 11.7 Å². The molecule has 0 radical (unpaired) electrons. The summed E-state index contributed by atoms with van der Waals surface area (Å²) >= 11 is 0. The topological polar surface area (TPSA) is 93.5 Å². The third kappa shape index (κ3) is 5.56. The number of rotatable bonds is 8. The number of aryl methyl sites for hydroxylation is 2. The first-order valence-electron chi connectivity index (χ1n) is 12.2. The molecule has 0 spiro atoms. The number of aromatic nitrogens is 3. The zero-order valence-electron chi connectivity index (χ0n) is 20.6. The lowest BCUT2D eigenvalue weighted by molar-refractivity contribution is 0.0322. The van der Waals surface area contributed by atoms with Gasteiger partial charge in [0.05, 0.1) is 30.7 Å². The molecule has 4 heterocycles. The van der Waals surface area contributed by atoms with Gasteiger partial charge in [-0.05, 0) is 60.9 Å². The van der Waals surface area contributed by atoms with Gasteiger partial charge in [0.25, 0.3) is 5.56 Å². The monoisotopic (exact) mass is 486 g/mol. The fraction of sp³-hybridized carbons (Fsp3) is 0.321. The fourth-order valence-electron chi connectivity index (χ4n) is 4.35. The molecule has 0 atom stereocenters. The molecule has 186 valence electrons. The van der Waals surface area contributed by atoms with Crippen LogP contribution in [0.5, 0.6) is 5.75 Å². The summed E-state index contributed by atoms with van der Waals surface area (Å²) < 4.78 is 17.5. The SMILES string of the molecule is Cc1ccc(OCCN2CCOCC2)cc1Cc1ncc(-c2ccnc(-c3c(C)cc[nH]c3=O)c2)o1. The van der Waals surface area contributed by atoms with Crippen molar-refractivity contribution in [2.45, 2.75) is 20.3 Å². The summed E-state index contributed by atoms with van der Waals surface area (Å²) in [6.45, 7) is 8.98. The van der Waals surface area contributed by atoms with Crippen molar-refractivity contribution < 1.29 is 13.9 Å². The first kappa shape index (κ1) is 24.0. The van der Waals surface area contributed by atoms with Gasteiger partial charge in [-0.3, -0.25) is 14.7 Å². The average Bonchev–Trinajstić information content (AvgIpc) is 3.35. The van der Waals surface area contributed by atoms with E-state index in [0.29, 0.717) is 35.9 Å². The molecule has 5 rings (SSSR count). The minimum Gasteiger partial charge on any atom is -0.492 e. The van der Waals surface area contributed by atoms with Crippen LogP contribution >= 0.6 is 0 Å². The van der Waals surface area contributed by atoms with E-state index in [9.17, 15) is 4.79 Å². The first-order chi connectivity index (χ1) is 17.6. The number of hydrogen-bond acceptors (Lipinski definition) is 7. The Labute approximate surface area is 209 Å². The van der Waals surface area contributed by atoms with E-state index in [4.69, 9.17) is 13.9 Å². The van der Waals surface area contributed by atoms with E-state index in [2.05, 4.69) is 38.9 Å². The van der Waals surface area contributed by atoms with E-state index in [0.717, 1.165) is 60.9 Å². The Hall–Kier alpha value is -3.75. The maximum atomic E-state index is 12.4. The summed E-state index contributed by atoms with van der Waals surface area (Å²) in [5.74, 6) is 2.10. The summed E-state index contributed by atoms with van der Waals surface area (Å²) in [6, 6.07) is 11.7. The van der Waals surface area contributed by atoms with Crippen LogP contribution in [-0.2, 0) is 11.2 Å². The van der Waals surface area contributed by atoms with Gasteiger partial charge in [-0.2, -0.15) is 0 Å². The number of pyridine rings is 2. The summed E-state index contributed by atoms with van der Waals surface area (Å²) in [5, 5.41) is 0. The highest BCUT2D eigenvalue weighted by Crippen LogP contribution is 2.27. The number of nitrogens with one attached hydrogen (secondary N) is 1. The second-order valence-electron chi connectivity index (χ2n) is 8.98. The molecule has 1 aliphatic rings. The highest BCUT2D eigenvalue weighted by Gasteiger charge is 2.14. The molecule has 0 aliphatic carbocycles. The molecule has 3 aromatic heterocycles. The Morgan fingerprint density at radius 2 is 1.92 bits per heavy atom. The number of ether oxygens (including phenoxy) is 2. The summed E-state index contributed by atoms with van der Waals surface area (Å²) in [7, 11) is 0. The second kappa shape index (κ2) is 10.9. The molecule has 8 heteroatoms. The maximum Gasteiger partial charge on any atom is 0.257 e. The van der Waals surface area contributed by atoms with Crippen molar-refractivity contribution in [3.05, 3.63) is 87.9 Å². The fourth-order valence-corrected chi connectivity index (χ4v) is 4.35. The van der Waals surface area contributed by atoms with E-state index in [-0.39, 0.29) is 5.56 Å². The van der Waals surface area contributed by atoms with Crippen LogP contribution in [0.3, 0.4) is 0 Å². The molecule has 0 amide bonds. The predicted molar refractivity (Wildman–Crippen MR) is 137 cm³/mol. The van der Waals surface area contributed by atoms with Gasteiger partial charge in [-0.1, -0.05) is 6.07 Å². The molecule has 8 nitrogen and oxygen atoms in total. The third-order valence-electron chi connectivity index (χ3n) is 6.47. The number of hydrogen-bond donors (Lipinski definition) is 1. The van der Waals surface area contributed by atoms with Crippen molar-refractivity contribution >= 4 is 0 Å². The number of oxazole rings is 1. The molecule has 0 bridgehead atoms. The van der Waals surface area contributed by atoms with Crippen LogP contribution < -0.4 is 10.3 Å². The van der Waals surface area contributed by atoms with Gasteiger partial charge in [0.2, 0.25) is 0 Å². The number of benzene rings is 1. The molecular formula is C28H30N4O4. The maximum absolute atomic E-state index is 12.4. The van der Waals surface area contributed by atoms with Gasteiger partial charge < -0.3 is 18.9 Å². The van der Waals surface area contributed by atoms with Crippen LogP contribution in [0.2, 0.25) is 0 Å². The minimum atomic E-state index is -0.166. The number of aromatic amines is 1. The third-order valence-corrected chi connectivity index (χ3v) is 6.47. The van der Waals surface area contributed by atoms with Gasteiger partial charge in [-0.25, -0.2) is 4.98 Å². The van der Waals surface area contributed by atoms with Crippen LogP contribution in [0.4, 0.5) is 0 Å². The van der Waals surface area contributed by atoms with Crippen molar-refractivity contribution in [1.29, 1.82) is 0 Å². The molecule has 1 aliphatic heterocycles. The van der Waals surface area contributed by atoms with Gasteiger partial charge in [-0.15, -0.1) is 0 Å². The van der Waals surface area contributed by atoms with Crippen LogP contribution in [0.15, 0.2) is 64.2 Å². The van der Waals surface area contributed by atoms with Crippen molar-refractivity contribution in [2.24, 2.45) is 0 Å². The van der Waals surface area contributed by atoms with Crippen LogP contribution in [0.1, 0.15) is 22.6 Å². The Balaban J connectivity index is 1.28. The zero-order valence-corrected chi connectivity index (χ0v) is 20.6. The summed E-state index contributed by atoms with van der Waals surface area (Å²) in [5.41, 5.74) is 4.93. The van der Waals surface area contributed by atoms with Crippen molar-refractivity contribution in [1.82, 2.24) is 19.9 Å². The van der Waals surface area contributed by atoms with E-state index in [1.165, 1.54) is 0 Å². The van der Waals surface area contributed by atoms with Crippen molar-refractivity contribution in [3.63, 3.8) is 0 Å². The number of morpholine rings is 1. The van der Waals surface area contributed by atoms with Crippen molar-refractivity contribution in [3.8, 4) is 28.3 Å². The largest absolute Gasteiger partial charge is 0.492 e. The molecule has 36 heavy (non-hydrogen) atoms.